The van der Waals surface area contributed by atoms with Crippen molar-refractivity contribution in [2.24, 2.45) is 5.73 Å². The van der Waals surface area contributed by atoms with E-state index in [0.29, 0.717) is 5.57 Å². The lowest BCUT2D eigenvalue weighted by atomic mass is 10.2. The summed E-state index contributed by atoms with van der Waals surface area (Å²) in [4.78, 5) is 10.8. The molecule has 1 rings (SSSR count). The van der Waals surface area contributed by atoms with Crippen LogP contribution in [-0.4, -0.2) is 19.1 Å². The predicted molar refractivity (Wildman–Crippen MR) is 37.2 cm³/mol. The van der Waals surface area contributed by atoms with E-state index in [0.717, 1.165) is 0 Å². The van der Waals surface area contributed by atoms with E-state index in [4.69, 9.17) is 5.73 Å². The zero-order valence-electron chi connectivity index (χ0n) is 5.70. The van der Waals surface area contributed by atoms with Crippen LogP contribution in [0.25, 0.3) is 0 Å². The molecule has 0 aromatic rings. The number of esters is 1. The van der Waals surface area contributed by atoms with Crippen molar-refractivity contribution in [3.05, 3.63) is 23.8 Å². The van der Waals surface area contributed by atoms with Crippen LogP contribution in [-0.2, 0) is 9.53 Å². The quantitative estimate of drug-likeness (QED) is 0.519. The zero-order chi connectivity index (χ0) is 7.56. The summed E-state index contributed by atoms with van der Waals surface area (Å²) in [5.74, 6) is -0.350. The van der Waals surface area contributed by atoms with E-state index >= 15 is 0 Å². The van der Waals surface area contributed by atoms with E-state index in [1.807, 2.05) is 0 Å². The van der Waals surface area contributed by atoms with Crippen molar-refractivity contribution in [1.82, 2.24) is 0 Å². The van der Waals surface area contributed by atoms with Gasteiger partial charge in [0, 0.05) is 0 Å². The van der Waals surface area contributed by atoms with E-state index in [1.165, 1.54) is 7.11 Å². The maximum Gasteiger partial charge on any atom is 0.335 e. The van der Waals surface area contributed by atoms with E-state index in [-0.39, 0.29) is 12.0 Å². The molecule has 0 fully saturated rings. The summed E-state index contributed by atoms with van der Waals surface area (Å²) >= 11 is 0. The predicted octanol–water partition coefficient (Wildman–Crippen LogP) is -0.0171. The fourth-order valence-corrected chi connectivity index (χ4v) is 0.816. The van der Waals surface area contributed by atoms with E-state index in [9.17, 15) is 4.79 Å². The summed E-state index contributed by atoms with van der Waals surface area (Å²) in [6.07, 6.45) is 5.15. The van der Waals surface area contributed by atoms with E-state index < -0.39 is 0 Å². The Labute approximate surface area is 59.2 Å². The van der Waals surface area contributed by atoms with Gasteiger partial charge in [0.15, 0.2) is 0 Å². The number of hydrogen-bond acceptors (Lipinski definition) is 3. The van der Waals surface area contributed by atoms with Gasteiger partial charge in [0.25, 0.3) is 0 Å². The standard InChI is InChI=1S/C7H9NO2/c1-10-7(9)5-3-2-4-6(5)8/h2-4,6H,8H2,1H3. The fourth-order valence-electron chi connectivity index (χ4n) is 0.816. The molecule has 1 aliphatic rings. The van der Waals surface area contributed by atoms with Gasteiger partial charge in [-0.15, -0.1) is 0 Å². The SMILES string of the molecule is COC(=O)C1=CC=CC1N. The van der Waals surface area contributed by atoms with Crippen LogP contribution in [0.3, 0.4) is 0 Å². The number of allylic oxidation sites excluding steroid dienone is 2. The monoisotopic (exact) mass is 139 g/mol. The summed E-state index contributed by atoms with van der Waals surface area (Å²) in [7, 11) is 1.34. The number of methoxy groups -OCH3 is 1. The minimum atomic E-state index is -0.350. The number of hydrogen-bond donors (Lipinski definition) is 1. The van der Waals surface area contributed by atoms with Gasteiger partial charge in [0.2, 0.25) is 0 Å². The topological polar surface area (TPSA) is 52.3 Å². The van der Waals surface area contributed by atoms with E-state index in [2.05, 4.69) is 4.74 Å². The third-order valence-corrected chi connectivity index (χ3v) is 1.37. The molecular formula is C7H9NO2. The zero-order valence-corrected chi connectivity index (χ0v) is 5.70. The van der Waals surface area contributed by atoms with Gasteiger partial charge < -0.3 is 10.5 Å². The first-order valence-electron chi connectivity index (χ1n) is 2.98. The van der Waals surface area contributed by atoms with Gasteiger partial charge >= 0.3 is 5.97 Å². The van der Waals surface area contributed by atoms with E-state index in [1.54, 1.807) is 18.2 Å². The highest BCUT2D eigenvalue weighted by Crippen LogP contribution is 2.10. The summed E-state index contributed by atoms with van der Waals surface area (Å²) in [5, 5.41) is 0. The minimum Gasteiger partial charge on any atom is -0.466 e. The van der Waals surface area contributed by atoms with Crippen molar-refractivity contribution in [2.45, 2.75) is 6.04 Å². The number of carbonyl (C=O) groups excluding carboxylic acids is 1. The molecule has 1 aliphatic carbocycles. The van der Waals surface area contributed by atoms with Gasteiger partial charge in [-0.2, -0.15) is 0 Å². The van der Waals surface area contributed by atoms with Crippen molar-refractivity contribution in [3.8, 4) is 0 Å². The molecule has 0 aromatic heterocycles. The minimum absolute atomic E-state index is 0.285. The Morgan fingerprint density at radius 2 is 2.50 bits per heavy atom. The molecule has 0 amide bonds. The second kappa shape index (κ2) is 2.66. The number of carbonyl (C=O) groups is 1. The Morgan fingerprint density at radius 3 is 2.90 bits per heavy atom. The molecule has 10 heavy (non-hydrogen) atoms. The summed E-state index contributed by atoms with van der Waals surface area (Å²) in [6, 6.07) is -0.285. The fraction of sp³-hybridized carbons (Fsp3) is 0.286. The number of rotatable bonds is 1. The first-order chi connectivity index (χ1) is 4.75. The van der Waals surface area contributed by atoms with Crippen LogP contribution in [0, 0.1) is 0 Å². The van der Waals surface area contributed by atoms with Crippen LogP contribution in [0.1, 0.15) is 0 Å². The molecule has 0 radical (unpaired) electrons. The molecule has 0 spiro atoms. The molecule has 0 saturated carbocycles. The molecule has 3 heteroatoms. The maximum atomic E-state index is 10.8. The van der Waals surface area contributed by atoms with Crippen molar-refractivity contribution >= 4 is 5.97 Å². The smallest absolute Gasteiger partial charge is 0.335 e. The van der Waals surface area contributed by atoms with Crippen LogP contribution < -0.4 is 5.73 Å². The number of nitrogens with two attached hydrogens (primary N) is 1. The first-order valence-corrected chi connectivity index (χ1v) is 2.98. The van der Waals surface area contributed by atoms with Gasteiger partial charge in [-0.25, -0.2) is 4.79 Å². The highest BCUT2D eigenvalue weighted by molar-refractivity contribution is 5.91. The molecular weight excluding hydrogens is 130 g/mol. The lowest BCUT2D eigenvalue weighted by Gasteiger charge is -2.04. The largest absolute Gasteiger partial charge is 0.466 e. The number of ether oxygens (including phenoxy) is 1. The van der Waals surface area contributed by atoms with Crippen molar-refractivity contribution in [2.75, 3.05) is 7.11 Å². The lowest BCUT2D eigenvalue weighted by molar-refractivity contribution is -0.136. The molecule has 0 aromatic carbocycles. The van der Waals surface area contributed by atoms with Crippen LogP contribution in [0.4, 0.5) is 0 Å². The maximum absolute atomic E-state index is 10.8. The van der Waals surface area contributed by atoms with Crippen LogP contribution in [0.5, 0.6) is 0 Å². The Bertz CT molecular complexity index is 206. The molecule has 54 valence electrons. The highest BCUT2D eigenvalue weighted by atomic mass is 16.5. The summed E-state index contributed by atoms with van der Waals surface area (Å²) in [5.41, 5.74) is 6.02. The molecule has 1 unspecified atom stereocenters. The van der Waals surface area contributed by atoms with Gasteiger partial charge in [0.05, 0.1) is 18.7 Å². The Balaban J connectivity index is 2.68. The van der Waals surface area contributed by atoms with Gasteiger partial charge in [-0.05, 0) is 0 Å². The molecule has 3 nitrogen and oxygen atoms in total. The highest BCUT2D eigenvalue weighted by Gasteiger charge is 2.17. The molecule has 0 saturated heterocycles. The average molecular weight is 139 g/mol. The lowest BCUT2D eigenvalue weighted by Crippen LogP contribution is -2.23. The molecule has 0 heterocycles. The second-order valence-corrected chi connectivity index (χ2v) is 2.02. The third kappa shape index (κ3) is 1.09. The van der Waals surface area contributed by atoms with Crippen molar-refractivity contribution < 1.29 is 9.53 Å². The van der Waals surface area contributed by atoms with Gasteiger partial charge in [-0.3, -0.25) is 0 Å². The van der Waals surface area contributed by atoms with Crippen molar-refractivity contribution in [3.63, 3.8) is 0 Å². The molecule has 1 atom stereocenters. The van der Waals surface area contributed by atoms with Crippen molar-refractivity contribution in [1.29, 1.82) is 0 Å². The molecule has 2 N–H and O–H groups in total. The normalized spacial score (nSPS) is 22.6. The molecule has 0 aliphatic heterocycles. The Kier molecular flexibility index (Phi) is 1.87. The van der Waals surface area contributed by atoms with Gasteiger partial charge in [0.1, 0.15) is 0 Å². The Hall–Kier alpha value is -1.09. The summed E-state index contributed by atoms with van der Waals surface area (Å²) in [6.45, 7) is 0. The van der Waals surface area contributed by atoms with Crippen LogP contribution in [0.15, 0.2) is 23.8 Å². The average Bonchev–Trinajstić information content (AvgIpc) is 2.34. The first kappa shape index (κ1) is 7.02. The summed E-state index contributed by atoms with van der Waals surface area (Å²) < 4.78 is 4.48. The van der Waals surface area contributed by atoms with Gasteiger partial charge in [-0.1, -0.05) is 18.2 Å². The Morgan fingerprint density at radius 1 is 1.80 bits per heavy atom. The van der Waals surface area contributed by atoms with Crippen LogP contribution in [0.2, 0.25) is 0 Å². The third-order valence-electron chi connectivity index (χ3n) is 1.37. The molecule has 0 bridgehead atoms. The second-order valence-electron chi connectivity index (χ2n) is 2.02. The van der Waals surface area contributed by atoms with Crippen LogP contribution >= 0.6 is 0 Å².